The van der Waals surface area contributed by atoms with Crippen LogP contribution in [0.4, 0.5) is 0 Å². The normalized spacial score (nSPS) is 12.8. The summed E-state index contributed by atoms with van der Waals surface area (Å²) < 4.78 is 0. The first-order chi connectivity index (χ1) is 5.63. The summed E-state index contributed by atoms with van der Waals surface area (Å²) in [5, 5.41) is 27.3. The maximum atomic E-state index is 9.23. The van der Waals surface area contributed by atoms with Crippen molar-refractivity contribution in [2.75, 3.05) is 6.54 Å². The van der Waals surface area contributed by atoms with Gasteiger partial charge >= 0.3 is 0 Å². The Labute approximate surface area is 69.9 Å². The van der Waals surface area contributed by atoms with Gasteiger partial charge in [0.1, 0.15) is 11.5 Å². The average Bonchev–Trinajstić information content (AvgIpc) is 2.01. The predicted molar refractivity (Wildman–Crippen MR) is 43.8 cm³/mol. The third-order valence-electron chi connectivity index (χ3n) is 1.53. The predicted octanol–water partition coefficient (Wildman–Crippen LogP) is 0.0899. The highest BCUT2D eigenvalue weighted by atomic mass is 16.3. The van der Waals surface area contributed by atoms with Crippen LogP contribution in [0.5, 0.6) is 11.5 Å². The van der Waals surface area contributed by atoms with Crippen LogP contribution in [0, 0.1) is 0 Å². The fourth-order valence-corrected chi connectivity index (χ4v) is 0.947. The monoisotopic (exact) mass is 169 g/mol. The van der Waals surface area contributed by atoms with E-state index in [1.54, 1.807) is 0 Å². The number of phenols is 2. The molecule has 1 aromatic rings. The van der Waals surface area contributed by atoms with Gasteiger partial charge in [-0.25, -0.2) is 0 Å². The fraction of sp³-hybridized carbons (Fsp3) is 0.250. The molecule has 0 saturated carbocycles. The first-order valence-corrected chi connectivity index (χ1v) is 3.54. The molecule has 0 bridgehead atoms. The lowest BCUT2D eigenvalue weighted by Crippen LogP contribution is -2.11. The second kappa shape index (κ2) is 3.42. The molecule has 12 heavy (non-hydrogen) atoms. The molecule has 1 rings (SSSR count). The lowest BCUT2D eigenvalue weighted by Gasteiger charge is -2.08. The quantitative estimate of drug-likeness (QED) is 0.505. The van der Waals surface area contributed by atoms with Crippen molar-refractivity contribution in [1.82, 2.24) is 0 Å². The Morgan fingerprint density at radius 2 is 1.67 bits per heavy atom. The first-order valence-electron chi connectivity index (χ1n) is 3.54. The highest BCUT2D eigenvalue weighted by Gasteiger charge is 2.06. The van der Waals surface area contributed by atoms with Crippen molar-refractivity contribution in [1.29, 1.82) is 0 Å². The number of hydrogen-bond acceptors (Lipinski definition) is 4. The number of benzene rings is 1. The summed E-state index contributed by atoms with van der Waals surface area (Å²) in [5.41, 5.74) is 5.60. The van der Waals surface area contributed by atoms with Crippen LogP contribution in [-0.2, 0) is 0 Å². The summed E-state index contributed by atoms with van der Waals surface area (Å²) in [5.74, 6) is -0.171. The van der Waals surface area contributed by atoms with Gasteiger partial charge < -0.3 is 21.1 Å². The highest BCUT2D eigenvalue weighted by Crippen LogP contribution is 2.24. The number of rotatable bonds is 2. The molecule has 0 radical (unpaired) electrons. The summed E-state index contributed by atoms with van der Waals surface area (Å²) in [6.07, 6.45) is -0.844. The van der Waals surface area contributed by atoms with E-state index in [0.29, 0.717) is 5.56 Å². The molecule has 0 fully saturated rings. The van der Waals surface area contributed by atoms with E-state index in [2.05, 4.69) is 0 Å². The van der Waals surface area contributed by atoms with Crippen molar-refractivity contribution in [3.63, 3.8) is 0 Å². The minimum atomic E-state index is -0.844. The van der Waals surface area contributed by atoms with Crippen molar-refractivity contribution < 1.29 is 15.3 Å². The van der Waals surface area contributed by atoms with E-state index in [1.165, 1.54) is 18.2 Å². The van der Waals surface area contributed by atoms with Gasteiger partial charge in [0.05, 0.1) is 6.10 Å². The summed E-state index contributed by atoms with van der Waals surface area (Å²) in [6.45, 7) is 0.0584. The molecule has 1 aromatic carbocycles. The molecule has 4 nitrogen and oxygen atoms in total. The van der Waals surface area contributed by atoms with E-state index in [4.69, 9.17) is 15.9 Å². The van der Waals surface area contributed by atoms with Gasteiger partial charge in [-0.15, -0.1) is 0 Å². The van der Waals surface area contributed by atoms with E-state index in [1.807, 2.05) is 0 Å². The number of hydrogen-bond donors (Lipinski definition) is 4. The molecule has 0 amide bonds. The molecule has 0 saturated heterocycles. The standard InChI is InChI=1S/C8H11NO3/c9-4-8(12)5-1-6(10)3-7(11)2-5/h1-3,8,10-12H,4,9H2/t8-/m0/s1. The average molecular weight is 169 g/mol. The zero-order chi connectivity index (χ0) is 9.14. The molecule has 4 heteroatoms. The van der Waals surface area contributed by atoms with Crippen molar-refractivity contribution in [3.05, 3.63) is 23.8 Å². The Kier molecular flexibility index (Phi) is 2.52. The fourth-order valence-electron chi connectivity index (χ4n) is 0.947. The molecule has 0 unspecified atom stereocenters. The maximum Gasteiger partial charge on any atom is 0.119 e. The van der Waals surface area contributed by atoms with Gasteiger partial charge in [0, 0.05) is 12.6 Å². The third kappa shape index (κ3) is 1.87. The molecule has 0 heterocycles. The Balaban J connectivity index is 3.00. The van der Waals surface area contributed by atoms with Crippen LogP contribution in [0.1, 0.15) is 11.7 Å². The summed E-state index contributed by atoms with van der Waals surface area (Å²) >= 11 is 0. The van der Waals surface area contributed by atoms with Gasteiger partial charge in [0.15, 0.2) is 0 Å². The summed E-state index contributed by atoms with van der Waals surface area (Å²) in [6, 6.07) is 3.90. The molecule has 0 aliphatic heterocycles. The largest absolute Gasteiger partial charge is 0.508 e. The number of aliphatic hydroxyl groups excluding tert-OH is 1. The smallest absolute Gasteiger partial charge is 0.119 e. The Bertz CT molecular complexity index is 255. The molecule has 0 aliphatic rings. The Morgan fingerprint density at radius 3 is 2.08 bits per heavy atom. The van der Waals surface area contributed by atoms with Crippen molar-refractivity contribution in [2.24, 2.45) is 5.73 Å². The zero-order valence-electron chi connectivity index (χ0n) is 6.44. The van der Waals surface area contributed by atoms with E-state index in [-0.39, 0.29) is 18.0 Å². The number of aromatic hydroxyl groups is 2. The molecule has 5 N–H and O–H groups in total. The van der Waals surface area contributed by atoms with Crippen molar-refractivity contribution >= 4 is 0 Å². The van der Waals surface area contributed by atoms with Crippen LogP contribution in [0.25, 0.3) is 0 Å². The number of phenolic OH excluding ortho intramolecular Hbond substituents is 2. The third-order valence-corrected chi connectivity index (χ3v) is 1.53. The van der Waals surface area contributed by atoms with Gasteiger partial charge in [-0.05, 0) is 17.7 Å². The lowest BCUT2D eigenvalue weighted by molar-refractivity contribution is 0.186. The van der Waals surface area contributed by atoms with E-state index < -0.39 is 6.10 Å². The number of aliphatic hydroxyl groups is 1. The Morgan fingerprint density at radius 1 is 1.17 bits per heavy atom. The van der Waals surface area contributed by atoms with Crippen LogP contribution >= 0.6 is 0 Å². The van der Waals surface area contributed by atoms with Crippen LogP contribution in [0.2, 0.25) is 0 Å². The van der Waals surface area contributed by atoms with Crippen LogP contribution in [0.15, 0.2) is 18.2 Å². The highest BCUT2D eigenvalue weighted by molar-refractivity contribution is 5.37. The van der Waals surface area contributed by atoms with Crippen LogP contribution < -0.4 is 5.73 Å². The molecule has 1 atom stereocenters. The minimum absolute atomic E-state index is 0.0584. The molecule has 0 aliphatic carbocycles. The van der Waals surface area contributed by atoms with Crippen LogP contribution in [0.3, 0.4) is 0 Å². The molecular weight excluding hydrogens is 158 g/mol. The van der Waals surface area contributed by atoms with Gasteiger partial charge in [0.25, 0.3) is 0 Å². The van der Waals surface area contributed by atoms with E-state index >= 15 is 0 Å². The first kappa shape index (κ1) is 8.83. The van der Waals surface area contributed by atoms with E-state index in [0.717, 1.165) is 0 Å². The summed E-state index contributed by atoms with van der Waals surface area (Å²) in [4.78, 5) is 0. The second-order valence-corrected chi connectivity index (χ2v) is 2.53. The van der Waals surface area contributed by atoms with Crippen molar-refractivity contribution in [3.8, 4) is 11.5 Å². The summed E-state index contributed by atoms with van der Waals surface area (Å²) in [7, 11) is 0. The van der Waals surface area contributed by atoms with Gasteiger partial charge in [0.2, 0.25) is 0 Å². The molecule has 66 valence electrons. The second-order valence-electron chi connectivity index (χ2n) is 2.53. The lowest BCUT2D eigenvalue weighted by atomic mass is 10.1. The molecule has 0 aromatic heterocycles. The maximum absolute atomic E-state index is 9.23. The minimum Gasteiger partial charge on any atom is -0.508 e. The topological polar surface area (TPSA) is 86.7 Å². The number of nitrogens with two attached hydrogens (primary N) is 1. The molecular formula is C8H11NO3. The SMILES string of the molecule is NC[C@H](O)c1cc(O)cc(O)c1. The van der Waals surface area contributed by atoms with Gasteiger partial charge in [-0.3, -0.25) is 0 Å². The zero-order valence-corrected chi connectivity index (χ0v) is 6.44. The van der Waals surface area contributed by atoms with Crippen LogP contribution in [-0.4, -0.2) is 21.9 Å². The van der Waals surface area contributed by atoms with Gasteiger partial charge in [-0.2, -0.15) is 0 Å². The van der Waals surface area contributed by atoms with E-state index in [9.17, 15) is 5.11 Å². The Hall–Kier alpha value is -1.26. The van der Waals surface area contributed by atoms with Crippen molar-refractivity contribution in [2.45, 2.75) is 6.10 Å². The van der Waals surface area contributed by atoms with Gasteiger partial charge in [-0.1, -0.05) is 0 Å². The molecule has 0 spiro atoms.